The quantitative estimate of drug-likeness (QED) is 0.787. The fourth-order valence-electron chi connectivity index (χ4n) is 1.51. The number of ether oxygens (including phenoxy) is 1. The first-order chi connectivity index (χ1) is 9.55. The van der Waals surface area contributed by atoms with Gasteiger partial charge < -0.3 is 10.5 Å². The summed E-state index contributed by atoms with van der Waals surface area (Å²) in [6.07, 6.45) is 1.51. The zero-order chi connectivity index (χ0) is 14.4. The number of hydrogen-bond acceptors (Lipinski definition) is 5. The lowest BCUT2D eigenvalue weighted by molar-refractivity contribution is 0.341. The molecule has 7 heteroatoms. The minimum atomic E-state index is -3.48. The van der Waals surface area contributed by atoms with Gasteiger partial charge in [-0.2, -0.15) is 0 Å². The van der Waals surface area contributed by atoms with Gasteiger partial charge in [0, 0.05) is 18.0 Å². The van der Waals surface area contributed by atoms with Gasteiger partial charge in [0.2, 0.25) is 10.0 Å². The summed E-state index contributed by atoms with van der Waals surface area (Å²) >= 11 is 0. The van der Waals surface area contributed by atoms with Crippen LogP contribution in [0.15, 0.2) is 48.7 Å². The van der Waals surface area contributed by atoms with Crippen molar-refractivity contribution in [3.05, 3.63) is 48.7 Å². The van der Waals surface area contributed by atoms with Crippen LogP contribution in [0.5, 0.6) is 5.75 Å². The average Bonchev–Trinajstić information content (AvgIpc) is 2.39. The zero-order valence-corrected chi connectivity index (χ0v) is 11.5. The molecule has 0 saturated heterocycles. The van der Waals surface area contributed by atoms with Crippen LogP contribution in [0.2, 0.25) is 0 Å². The first kappa shape index (κ1) is 14.1. The van der Waals surface area contributed by atoms with Gasteiger partial charge in [0.15, 0.2) is 0 Å². The van der Waals surface area contributed by atoms with Gasteiger partial charge in [-0.05, 0) is 24.3 Å². The van der Waals surface area contributed by atoms with E-state index in [2.05, 4.69) is 9.71 Å². The minimum absolute atomic E-state index is 0.0334. The molecule has 3 N–H and O–H groups in total. The molecule has 0 bridgehead atoms. The van der Waals surface area contributed by atoms with Crippen molar-refractivity contribution >= 4 is 21.5 Å². The molecule has 0 radical (unpaired) electrons. The molecule has 1 heterocycles. The van der Waals surface area contributed by atoms with Crippen molar-refractivity contribution in [3.63, 3.8) is 0 Å². The Labute approximate surface area is 117 Å². The standard InChI is InChI=1S/C13H15N3O3S/c14-11-4-3-5-12(10-11)19-8-9-20(17,18)16-13-6-1-2-7-15-13/h1-7,10H,8-9,14H2,(H,15,16). The number of rotatable bonds is 6. The SMILES string of the molecule is Nc1cccc(OCCS(=O)(=O)Nc2ccccn2)c1. The molecule has 2 aromatic rings. The molecule has 0 amide bonds. The third-order valence-electron chi connectivity index (χ3n) is 2.40. The van der Waals surface area contributed by atoms with Crippen molar-refractivity contribution in [1.29, 1.82) is 0 Å². The summed E-state index contributed by atoms with van der Waals surface area (Å²) in [5.41, 5.74) is 6.17. The molecular weight excluding hydrogens is 278 g/mol. The van der Waals surface area contributed by atoms with E-state index in [9.17, 15) is 8.42 Å². The maximum atomic E-state index is 11.8. The molecule has 6 nitrogen and oxygen atoms in total. The minimum Gasteiger partial charge on any atom is -0.492 e. The Kier molecular flexibility index (Phi) is 4.41. The fraction of sp³-hybridized carbons (Fsp3) is 0.154. The van der Waals surface area contributed by atoms with E-state index in [1.165, 1.54) is 6.20 Å². The van der Waals surface area contributed by atoms with E-state index in [1.54, 1.807) is 42.5 Å². The maximum absolute atomic E-state index is 11.8. The smallest absolute Gasteiger partial charge is 0.237 e. The summed E-state index contributed by atoms with van der Waals surface area (Å²) in [5, 5.41) is 0. The van der Waals surface area contributed by atoms with Gasteiger partial charge in [0.05, 0.1) is 0 Å². The van der Waals surface area contributed by atoms with Crippen molar-refractivity contribution in [2.75, 3.05) is 22.8 Å². The van der Waals surface area contributed by atoms with Crippen LogP contribution < -0.4 is 15.2 Å². The highest BCUT2D eigenvalue weighted by Crippen LogP contribution is 2.14. The number of anilines is 2. The number of sulfonamides is 1. The van der Waals surface area contributed by atoms with Crippen LogP contribution in [-0.4, -0.2) is 25.8 Å². The van der Waals surface area contributed by atoms with E-state index in [0.717, 1.165) is 0 Å². The van der Waals surface area contributed by atoms with Crippen molar-refractivity contribution < 1.29 is 13.2 Å². The number of hydrogen-bond donors (Lipinski definition) is 2. The van der Waals surface area contributed by atoms with Crippen molar-refractivity contribution in [2.45, 2.75) is 0 Å². The van der Waals surface area contributed by atoms with E-state index in [1.807, 2.05) is 0 Å². The number of benzene rings is 1. The van der Waals surface area contributed by atoms with Gasteiger partial charge in [-0.15, -0.1) is 0 Å². The van der Waals surface area contributed by atoms with E-state index < -0.39 is 10.0 Å². The van der Waals surface area contributed by atoms with Gasteiger partial charge in [0.25, 0.3) is 0 Å². The lowest BCUT2D eigenvalue weighted by Crippen LogP contribution is -2.21. The van der Waals surface area contributed by atoms with E-state index in [0.29, 0.717) is 11.4 Å². The molecule has 0 unspecified atom stereocenters. The monoisotopic (exact) mass is 293 g/mol. The van der Waals surface area contributed by atoms with Crippen LogP contribution in [0.4, 0.5) is 11.5 Å². The van der Waals surface area contributed by atoms with Gasteiger partial charge in [-0.25, -0.2) is 13.4 Å². The van der Waals surface area contributed by atoms with Crippen LogP contribution in [0, 0.1) is 0 Å². The van der Waals surface area contributed by atoms with Crippen molar-refractivity contribution in [2.24, 2.45) is 0 Å². The Hall–Kier alpha value is -2.28. The van der Waals surface area contributed by atoms with Crippen LogP contribution in [0.1, 0.15) is 0 Å². The van der Waals surface area contributed by atoms with Crippen molar-refractivity contribution in [3.8, 4) is 5.75 Å². The number of nitrogen functional groups attached to an aromatic ring is 1. The number of aromatic nitrogens is 1. The summed E-state index contributed by atoms with van der Waals surface area (Å²) in [7, 11) is -3.48. The summed E-state index contributed by atoms with van der Waals surface area (Å²) < 4.78 is 31.3. The van der Waals surface area contributed by atoms with Gasteiger partial charge in [-0.1, -0.05) is 12.1 Å². The van der Waals surface area contributed by atoms with Crippen LogP contribution in [-0.2, 0) is 10.0 Å². The summed E-state index contributed by atoms with van der Waals surface area (Å²) in [5.74, 6) is 0.660. The molecule has 0 atom stereocenters. The number of nitrogens with two attached hydrogens (primary N) is 1. The van der Waals surface area contributed by atoms with Gasteiger partial charge in [0.1, 0.15) is 23.9 Å². The zero-order valence-electron chi connectivity index (χ0n) is 10.7. The summed E-state index contributed by atoms with van der Waals surface area (Å²) in [6, 6.07) is 11.8. The normalized spacial score (nSPS) is 11.0. The lowest BCUT2D eigenvalue weighted by Gasteiger charge is -2.09. The van der Waals surface area contributed by atoms with Crippen LogP contribution >= 0.6 is 0 Å². The molecule has 106 valence electrons. The van der Waals surface area contributed by atoms with Crippen LogP contribution in [0.3, 0.4) is 0 Å². The largest absolute Gasteiger partial charge is 0.492 e. The topological polar surface area (TPSA) is 94.3 Å². The van der Waals surface area contributed by atoms with Gasteiger partial charge in [-0.3, -0.25) is 4.72 Å². The molecule has 0 spiro atoms. The predicted molar refractivity (Wildman–Crippen MR) is 78.0 cm³/mol. The molecule has 2 rings (SSSR count). The lowest BCUT2D eigenvalue weighted by atomic mass is 10.3. The predicted octanol–water partition coefficient (Wildman–Crippen LogP) is 1.48. The highest BCUT2D eigenvalue weighted by molar-refractivity contribution is 7.92. The van der Waals surface area contributed by atoms with Gasteiger partial charge >= 0.3 is 0 Å². The molecule has 20 heavy (non-hydrogen) atoms. The Morgan fingerprint density at radius 1 is 1.20 bits per heavy atom. The van der Waals surface area contributed by atoms with E-state index in [4.69, 9.17) is 10.5 Å². The second kappa shape index (κ2) is 6.25. The highest BCUT2D eigenvalue weighted by atomic mass is 32.2. The Bertz CT molecular complexity index is 660. The second-order valence-corrected chi connectivity index (χ2v) is 5.90. The highest BCUT2D eigenvalue weighted by Gasteiger charge is 2.11. The summed E-state index contributed by atoms with van der Waals surface area (Å²) in [6.45, 7) is 0.0334. The Morgan fingerprint density at radius 3 is 2.75 bits per heavy atom. The summed E-state index contributed by atoms with van der Waals surface area (Å²) in [4.78, 5) is 3.89. The molecule has 1 aromatic heterocycles. The second-order valence-electron chi connectivity index (χ2n) is 4.06. The maximum Gasteiger partial charge on any atom is 0.237 e. The molecule has 0 saturated carbocycles. The first-order valence-electron chi connectivity index (χ1n) is 5.95. The fourth-order valence-corrected chi connectivity index (χ4v) is 2.35. The number of nitrogens with zero attached hydrogens (tertiary/aromatic N) is 1. The van der Waals surface area contributed by atoms with Crippen LogP contribution in [0.25, 0.3) is 0 Å². The van der Waals surface area contributed by atoms with E-state index >= 15 is 0 Å². The molecule has 0 aliphatic rings. The average molecular weight is 293 g/mol. The van der Waals surface area contributed by atoms with Crippen molar-refractivity contribution in [1.82, 2.24) is 4.98 Å². The van der Waals surface area contributed by atoms with E-state index in [-0.39, 0.29) is 18.2 Å². The molecule has 0 aliphatic carbocycles. The third-order valence-corrected chi connectivity index (χ3v) is 3.63. The number of nitrogens with one attached hydrogen (secondary N) is 1. The molecular formula is C13H15N3O3S. The molecule has 0 aliphatic heterocycles. The first-order valence-corrected chi connectivity index (χ1v) is 7.60. The Balaban J connectivity index is 1.87. The Morgan fingerprint density at radius 2 is 2.05 bits per heavy atom. The third kappa shape index (κ3) is 4.43. The molecule has 0 fully saturated rings. The number of pyridine rings is 1. The molecule has 1 aromatic carbocycles.